The minimum Gasteiger partial charge on any atom is -0.372 e. The molecule has 1 aliphatic rings. The number of ether oxygens (including phenoxy) is 1. The summed E-state index contributed by atoms with van der Waals surface area (Å²) < 4.78 is 33.5. The number of nitrogens with zero attached hydrogens (tertiary/aromatic N) is 2. The number of sulfonamides is 1. The van der Waals surface area contributed by atoms with Gasteiger partial charge in [0.1, 0.15) is 0 Å². The van der Waals surface area contributed by atoms with Gasteiger partial charge in [-0.15, -0.1) is 0 Å². The Balaban J connectivity index is 1.86. The molecule has 10 heteroatoms. The first-order chi connectivity index (χ1) is 13.7. The van der Waals surface area contributed by atoms with Crippen molar-refractivity contribution >= 4 is 27.3 Å². The number of carbonyl (C=O) groups is 1. The maximum absolute atomic E-state index is 13.0. The van der Waals surface area contributed by atoms with E-state index in [0.29, 0.717) is 13.1 Å². The Morgan fingerprint density at radius 1 is 1.10 bits per heavy atom. The van der Waals surface area contributed by atoms with Gasteiger partial charge in [0.25, 0.3) is 21.6 Å². The third kappa shape index (κ3) is 4.72. The number of carbonyl (C=O) groups excluding carboxylic acids is 1. The number of nitro groups is 1. The number of nitrogens with one attached hydrogen (secondary N) is 1. The van der Waals surface area contributed by atoms with Gasteiger partial charge in [-0.05, 0) is 38.1 Å². The van der Waals surface area contributed by atoms with E-state index in [9.17, 15) is 23.3 Å². The highest BCUT2D eigenvalue weighted by molar-refractivity contribution is 7.92. The van der Waals surface area contributed by atoms with E-state index in [1.165, 1.54) is 6.07 Å². The zero-order valence-corrected chi connectivity index (χ0v) is 16.8. The standard InChI is InChI=1S/C19H21N3O6S/c1-13-11-21(12-14(2)28-13)19(23)17-5-3-4-6-18(17)20-29(26,27)16-9-7-15(8-10-16)22(24)25/h3-10,13-14,20H,11-12H2,1-2H3. The SMILES string of the molecule is CC1CN(C(=O)c2ccccc2NS(=O)(=O)c2ccc([N+](=O)[O-])cc2)CC(C)O1. The Hall–Kier alpha value is -2.98. The summed E-state index contributed by atoms with van der Waals surface area (Å²) in [6.07, 6.45) is -0.238. The normalized spacial score (nSPS) is 19.6. The van der Waals surface area contributed by atoms with Crippen molar-refractivity contribution in [3.8, 4) is 0 Å². The molecular formula is C19H21N3O6S. The molecule has 1 heterocycles. The van der Waals surface area contributed by atoms with Crippen LogP contribution in [0, 0.1) is 10.1 Å². The number of rotatable bonds is 5. The van der Waals surface area contributed by atoms with Crippen molar-refractivity contribution in [2.45, 2.75) is 31.0 Å². The van der Waals surface area contributed by atoms with Gasteiger partial charge in [0.15, 0.2) is 0 Å². The Morgan fingerprint density at radius 2 is 1.69 bits per heavy atom. The van der Waals surface area contributed by atoms with Gasteiger partial charge in [-0.3, -0.25) is 19.6 Å². The predicted molar refractivity (Wildman–Crippen MR) is 106 cm³/mol. The molecule has 0 aliphatic carbocycles. The van der Waals surface area contributed by atoms with Crippen LogP contribution in [0.1, 0.15) is 24.2 Å². The average Bonchev–Trinajstić information content (AvgIpc) is 2.67. The number of morpholine rings is 1. The fraction of sp³-hybridized carbons (Fsp3) is 0.316. The lowest BCUT2D eigenvalue weighted by Gasteiger charge is -2.35. The van der Waals surface area contributed by atoms with Gasteiger partial charge in [0.2, 0.25) is 0 Å². The summed E-state index contributed by atoms with van der Waals surface area (Å²) in [5.74, 6) is -0.297. The number of para-hydroxylation sites is 1. The molecule has 154 valence electrons. The van der Waals surface area contributed by atoms with Crippen molar-refractivity contribution in [2.75, 3.05) is 17.8 Å². The second kappa shape index (κ2) is 8.18. The van der Waals surface area contributed by atoms with Gasteiger partial charge in [-0.25, -0.2) is 8.42 Å². The molecular weight excluding hydrogens is 398 g/mol. The van der Waals surface area contributed by atoms with Gasteiger partial charge >= 0.3 is 0 Å². The quantitative estimate of drug-likeness (QED) is 0.588. The van der Waals surface area contributed by atoms with Crippen LogP contribution < -0.4 is 4.72 Å². The number of benzene rings is 2. The first-order valence-electron chi connectivity index (χ1n) is 8.98. The monoisotopic (exact) mass is 419 g/mol. The fourth-order valence-corrected chi connectivity index (χ4v) is 4.30. The second-order valence-electron chi connectivity index (χ2n) is 6.87. The van der Waals surface area contributed by atoms with E-state index >= 15 is 0 Å². The van der Waals surface area contributed by atoms with E-state index in [-0.39, 0.29) is 39.9 Å². The molecule has 1 N–H and O–H groups in total. The first-order valence-corrected chi connectivity index (χ1v) is 10.5. The minimum atomic E-state index is -4.03. The molecule has 0 bridgehead atoms. The Bertz CT molecular complexity index is 1010. The molecule has 3 rings (SSSR count). The van der Waals surface area contributed by atoms with E-state index in [2.05, 4.69) is 4.72 Å². The summed E-state index contributed by atoms with van der Waals surface area (Å²) in [5, 5.41) is 10.8. The van der Waals surface area contributed by atoms with Crippen molar-refractivity contribution in [3.63, 3.8) is 0 Å². The molecule has 1 saturated heterocycles. The zero-order valence-electron chi connectivity index (χ0n) is 15.9. The average molecular weight is 419 g/mol. The third-order valence-electron chi connectivity index (χ3n) is 4.47. The van der Waals surface area contributed by atoms with Crippen LogP contribution in [0.15, 0.2) is 53.4 Å². The topological polar surface area (TPSA) is 119 Å². The van der Waals surface area contributed by atoms with Crippen molar-refractivity contribution < 1.29 is 22.9 Å². The van der Waals surface area contributed by atoms with Crippen LogP contribution in [0.4, 0.5) is 11.4 Å². The maximum atomic E-state index is 13.0. The number of hydrogen-bond acceptors (Lipinski definition) is 6. The molecule has 1 fully saturated rings. The van der Waals surface area contributed by atoms with E-state index in [1.54, 1.807) is 23.1 Å². The van der Waals surface area contributed by atoms with Crippen LogP contribution in [-0.2, 0) is 14.8 Å². The van der Waals surface area contributed by atoms with E-state index in [4.69, 9.17) is 4.74 Å². The highest BCUT2D eigenvalue weighted by Crippen LogP contribution is 2.24. The summed E-state index contributed by atoms with van der Waals surface area (Å²) in [6.45, 7) is 4.57. The summed E-state index contributed by atoms with van der Waals surface area (Å²) in [4.78, 5) is 24.7. The molecule has 1 amide bonds. The number of amides is 1. The summed E-state index contributed by atoms with van der Waals surface area (Å²) in [5.41, 5.74) is 0.150. The number of anilines is 1. The molecule has 2 unspecified atom stereocenters. The van der Waals surface area contributed by atoms with Crippen LogP contribution in [-0.4, -0.2) is 49.4 Å². The lowest BCUT2D eigenvalue weighted by Crippen LogP contribution is -2.48. The van der Waals surface area contributed by atoms with Crippen molar-refractivity contribution in [3.05, 3.63) is 64.2 Å². The summed E-state index contributed by atoms with van der Waals surface area (Å²) in [6, 6.07) is 10.9. The molecule has 0 radical (unpaired) electrons. The first kappa shape index (κ1) is 20.7. The van der Waals surface area contributed by atoms with E-state index in [0.717, 1.165) is 24.3 Å². The van der Waals surface area contributed by atoms with Gasteiger partial charge in [-0.1, -0.05) is 12.1 Å². The number of hydrogen-bond donors (Lipinski definition) is 1. The highest BCUT2D eigenvalue weighted by Gasteiger charge is 2.28. The molecule has 9 nitrogen and oxygen atoms in total. The van der Waals surface area contributed by atoms with Crippen LogP contribution in [0.3, 0.4) is 0 Å². The number of non-ortho nitro benzene ring substituents is 1. The highest BCUT2D eigenvalue weighted by atomic mass is 32.2. The van der Waals surface area contributed by atoms with Gasteiger partial charge < -0.3 is 9.64 Å². The van der Waals surface area contributed by atoms with Crippen LogP contribution in [0.25, 0.3) is 0 Å². The molecule has 0 saturated carbocycles. The lowest BCUT2D eigenvalue weighted by atomic mass is 10.1. The van der Waals surface area contributed by atoms with Crippen LogP contribution >= 0.6 is 0 Å². The number of nitro benzene ring substituents is 1. The van der Waals surface area contributed by atoms with Crippen molar-refractivity contribution in [1.29, 1.82) is 0 Å². The molecule has 0 aromatic heterocycles. The Morgan fingerprint density at radius 3 is 2.28 bits per heavy atom. The molecule has 0 spiro atoms. The molecule has 29 heavy (non-hydrogen) atoms. The fourth-order valence-electron chi connectivity index (χ4n) is 3.22. The van der Waals surface area contributed by atoms with Crippen molar-refractivity contribution in [2.24, 2.45) is 0 Å². The smallest absolute Gasteiger partial charge is 0.269 e. The minimum absolute atomic E-state index is 0.119. The molecule has 2 aromatic carbocycles. The summed E-state index contributed by atoms with van der Waals surface area (Å²) in [7, 11) is -4.03. The Labute approximate surface area is 168 Å². The largest absolute Gasteiger partial charge is 0.372 e. The third-order valence-corrected chi connectivity index (χ3v) is 5.85. The van der Waals surface area contributed by atoms with Crippen LogP contribution in [0.2, 0.25) is 0 Å². The molecule has 2 atom stereocenters. The van der Waals surface area contributed by atoms with Gasteiger partial charge in [0.05, 0.1) is 33.3 Å². The van der Waals surface area contributed by atoms with Crippen LogP contribution in [0.5, 0.6) is 0 Å². The lowest BCUT2D eigenvalue weighted by molar-refractivity contribution is -0.384. The predicted octanol–water partition coefficient (Wildman–Crippen LogP) is 2.65. The zero-order chi connectivity index (χ0) is 21.2. The van der Waals surface area contributed by atoms with Gasteiger partial charge in [-0.2, -0.15) is 0 Å². The summed E-state index contributed by atoms with van der Waals surface area (Å²) >= 11 is 0. The molecule has 1 aliphatic heterocycles. The van der Waals surface area contributed by atoms with E-state index in [1.807, 2.05) is 13.8 Å². The maximum Gasteiger partial charge on any atom is 0.269 e. The molecule has 2 aromatic rings. The Kier molecular flexibility index (Phi) is 5.85. The second-order valence-corrected chi connectivity index (χ2v) is 8.55. The van der Waals surface area contributed by atoms with E-state index < -0.39 is 14.9 Å². The van der Waals surface area contributed by atoms with Crippen molar-refractivity contribution in [1.82, 2.24) is 4.90 Å². The van der Waals surface area contributed by atoms with Gasteiger partial charge in [0, 0.05) is 25.2 Å².